The molecule has 1 aromatic carbocycles. The van der Waals surface area contributed by atoms with Crippen molar-refractivity contribution in [2.75, 3.05) is 5.32 Å². The quantitative estimate of drug-likeness (QED) is 0.727. The first-order valence-electron chi connectivity index (χ1n) is 8.36. The molecule has 1 unspecified atom stereocenters. The second-order valence-electron chi connectivity index (χ2n) is 6.39. The number of rotatable bonds is 3. The number of aromatic nitrogens is 2. The number of hydrogen-bond acceptors (Lipinski definition) is 4. The molecule has 3 nitrogen and oxygen atoms in total. The van der Waals surface area contributed by atoms with E-state index in [2.05, 4.69) is 53.4 Å². The zero-order chi connectivity index (χ0) is 15.8. The molecule has 1 aliphatic carbocycles. The molecule has 1 N–H and O–H groups in total. The Morgan fingerprint density at radius 2 is 2.13 bits per heavy atom. The minimum absolute atomic E-state index is 0.778. The van der Waals surface area contributed by atoms with E-state index < -0.39 is 0 Å². The van der Waals surface area contributed by atoms with Crippen molar-refractivity contribution in [3.8, 4) is 0 Å². The summed E-state index contributed by atoms with van der Waals surface area (Å²) in [5, 5.41) is 4.81. The Labute approximate surface area is 140 Å². The summed E-state index contributed by atoms with van der Waals surface area (Å²) < 4.78 is 0. The monoisotopic (exact) mass is 323 g/mol. The summed E-state index contributed by atoms with van der Waals surface area (Å²) in [7, 11) is 0. The van der Waals surface area contributed by atoms with E-state index in [4.69, 9.17) is 0 Å². The molecule has 3 aromatic rings. The van der Waals surface area contributed by atoms with Gasteiger partial charge in [0.15, 0.2) is 0 Å². The SMILES string of the molecule is CCc1ccccc1Nc1ncnc2sc3c(c12)CCC(C)C3. The normalized spacial score (nSPS) is 17.2. The number of anilines is 2. The molecule has 0 spiro atoms. The molecule has 0 saturated heterocycles. The maximum atomic E-state index is 4.56. The lowest BCUT2D eigenvalue weighted by Crippen LogP contribution is -2.09. The molecule has 0 saturated carbocycles. The molecule has 4 rings (SSSR count). The van der Waals surface area contributed by atoms with Crippen molar-refractivity contribution >= 4 is 33.1 Å². The zero-order valence-corrected chi connectivity index (χ0v) is 14.4. The Kier molecular flexibility index (Phi) is 3.77. The Morgan fingerprint density at radius 1 is 1.26 bits per heavy atom. The fourth-order valence-electron chi connectivity index (χ4n) is 3.45. The fraction of sp³-hybridized carbons (Fsp3) is 0.368. The largest absolute Gasteiger partial charge is 0.339 e. The summed E-state index contributed by atoms with van der Waals surface area (Å²) in [4.78, 5) is 11.7. The maximum Gasteiger partial charge on any atom is 0.142 e. The van der Waals surface area contributed by atoms with Crippen LogP contribution in [0.4, 0.5) is 11.5 Å². The second kappa shape index (κ2) is 5.93. The first kappa shape index (κ1) is 14.6. The van der Waals surface area contributed by atoms with Gasteiger partial charge in [-0.25, -0.2) is 9.97 Å². The lowest BCUT2D eigenvalue weighted by atomic mass is 9.89. The van der Waals surface area contributed by atoms with Crippen LogP contribution >= 0.6 is 11.3 Å². The third-order valence-corrected chi connectivity index (χ3v) is 5.91. The van der Waals surface area contributed by atoms with Crippen LogP contribution in [0.3, 0.4) is 0 Å². The molecule has 0 aliphatic heterocycles. The molecule has 0 radical (unpaired) electrons. The van der Waals surface area contributed by atoms with Crippen LogP contribution < -0.4 is 5.32 Å². The van der Waals surface area contributed by atoms with Gasteiger partial charge in [-0.15, -0.1) is 11.3 Å². The van der Waals surface area contributed by atoms with Crippen molar-refractivity contribution in [1.29, 1.82) is 0 Å². The van der Waals surface area contributed by atoms with Gasteiger partial charge in [0.05, 0.1) is 5.39 Å². The van der Waals surface area contributed by atoms with Gasteiger partial charge in [0.25, 0.3) is 0 Å². The van der Waals surface area contributed by atoms with Crippen molar-refractivity contribution in [3.63, 3.8) is 0 Å². The predicted octanol–water partition coefficient (Wildman–Crippen LogP) is 5.12. The molecule has 0 fully saturated rings. The molecule has 0 amide bonds. The van der Waals surface area contributed by atoms with Crippen LogP contribution in [0.1, 0.15) is 36.3 Å². The predicted molar refractivity (Wildman–Crippen MR) is 97.7 cm³/mol. The smallest absolute Gasteiger partial charge is 0.142 e. The van der Waals surface area contributed by atoms with E-state index in [0.29, 0.717) is 0 Å². The third kappa shape index (κ3) is 2.61. The van der Waals surface area contributed by atoms with Crippen molar-refractivity contribution < 1.29 is 0 Å². The molecule has 23 heavy (non-hydrogen) atoms. The average Bonchev–Trinajstić information content (AvgIpc) is 2.93. The highest BCUT2D eigenvalue weighted by atomic mass is 32.1. The summed E-state index contributed by atoms with van der Waals surface area (Å²) in [6.45, 7) is 4.53. The molecule has 2 heterocycles. The minimum Gasteiger partial charge on any atom is -0.339 e. The summed E-state index contributed by atoms with van der Waals surface area (Å²) in [6, 6.07) is 8.47. The van der Waals surface area contributed by atoms with Gasteiger partial charge in [0.1, 0.15) is 17.0 Å². The highest BCUT2D eigenvalue weighted by molar-refractivity contribution is 7.19. The van der Waals surface area contributed by atoms with Crippen LogP contribution in [-0.4, -0.2) is 9.97 Å². The number of aryl methyl sites for hydroxylation is 2. The highest BCUT2D eigenvalue weighted by Gasteiger charge is 2.23. The molecular weight excluding hydrogens is 302 g/mol. The van der Waals surface area contributed by atoms with Crippen molar-refractivity contribution in [2.24, 2.45) is 5.92 Å². The fourth-order valence-corrected chi connectivity index (χ4v) is 4.80. The zero-order valence-electron chi connectivity index (χ0n) is 13.6. The minimum atomic E-state index is 0.778. The van der Waals surface area contributed by atoms with E-state index in [1.54, 1.807) is 6.33 Å². The van der Waals surface area contributed by atoms with E-state index in [1.807, 2.05) is 11.3 Å². The van der Waals surface area contributed by atoms with Gasteiger partial charge in [-0.05, 0) is 48.8 Å². The molecule has 1 aliphatic rings. The van der Waals surface area contributed by atoms with E-state index in [9.17, 15) is 0 Å². The first-order chi connectivity index (χ1) is 11.3. The number of benzene rings is 1. The Morgan fingerprint density at radius 3 is 3.00 bits per heavy atom. The topological polar surface area (TPSA) is 37.8 Å². The van der Waals surface area contributed by atoms with Gasteiger partial charge in [0.2, 0.25) is 0 Å². The van der Waals surface area contributed by atoms with Gasteiger partial charge in [-0.3, -0.25) is 0 Å². The standard InChI is InChI=1S/C19H21N3S/c1-3-13-6-4-5-7-15(13)22-18-17-14-9-8-12(2)10-16(14)23-19(17)21-11-20-18/h4-7,11-12H,3,8-10H2,1-2H3,(H,20,21,22). The van der Waals surface area contributed by atoms with Gasteiger partial charge in [-0.2, -0.15) is 0 Å². The van der Waals surface area contributed by atoms with E-state index in [0.717, 1.165) is 35.1 Å². The van der Waals surface area contributed by atoms with Crippen molar-refractivity contribution in [1.82, 2.24) is 9.97 Å². The molecule has 2 aromatic heterocycles. The van der Waals surface area contributed by atoms with Gasteiger partial charge < -0.3 is 5.32 Å². The lowest BCUT2D eigenvalue weighted by molar-refractivity contribution is 0.509. The molecule has 118 valence electrons. The van der Waals surface area contributed by atoms with Crippen LogP contribution in [0.5, 0.6) is 0 Å². The number of para-hydroxylation sites is 1. The molecule has 0 bridgehead atoms. The highest BCUT2D eigenvalue weighted by Crippen LogP contribution is 2.40. The summed E-state index contributed by atoms with van der Waals surface area (Å²) in [6.07, 6.45) is 6.29. The molecule has 1 atom stereocenters. The van der Waals surface area contributed by atoms with Crippen LogP contribution in [-0.2, 0) is 19.3 Å². The third-order valence-electron chi connectivity index (χ3n) is 4.74. The summed E-state index contributed by atoms with van der Waals surface area (Å²) in [5.41, 5.74) is 3.94. The number of thiophene rings is 1. The van der Waals surface area contributed by atoms with Crippen LogP contribution in [0, 0.1) is 5.92 Å². The Hall–Kier alpha value is -1.94. The number of nitrogens with zero attached hydrogens (tertiary/aromatic N) is 2. The van der Waals surface area contributed by atoms with E-state index >= 15 is 0 Å². The van der Waals surface area contributed by atoms with Gasteiger partial charge in [-0.1, -0.05) is 32.0 Å². The Balaban J connectivity index is 1.81. The summed E-state index contributed by atoms with van der Waals surface area (Å²) >= 11 is 1.85. The van der Waals surface area contributed by atoms with Crippen molar-refractivity contribution in [3.05, 3.63) is 46.6 Å². The Bertz CT molecular complexity index is 853. The second-order valence-corrected chi connectivity index (χ2v) is 7.47. The van der Waals surface area contributed by atoms with Crippen LogP contribution in [0.15, 0.2) is 30.6 Å². The first-order valence-corrected chi connectivity index (χ1v) is 9.18. The lowest BCUT2D eigenvalue weighted by Gasteiger charge is -2.18. The number of hydrogen-bond donors (Lipinski definition) is 1. The van der Waals surface area contributed by atoms with Crippen molar-refractivity contribution in [2.45, 2.75) is 39.5 Å². The van der Waals surface area contributed by atoms with E-state index in [-0.39, 0.29) is 0 Å². The number of nitrogens with one attached hydrogen (secondary N) is 1. The summed E-state index contributed by atoms with van der Waals surface area (Å²) in [5.74, 6) is 1.74. The number of fused-ring (bicyclic) bond motifs is 3. The van der Waals surface area contributed by atoms with Crippen LogP contribution in [0.25, 0.3) is 10.2 Å². The molecular formula is C19H21N3S. The van der Waals surface area contributed by atoms with Gasteiger partial charge in [0, 0.05) is 10.6 Å². The molecule has 4 heteroatoms. The average molecular weight is 323 g/mol. The van der Waals surface area contributed by atoms with E-state index in [1.165, 1.54) is 34.2 Å². The van der Waals surface area contributed by atoms with Crippen LogP contribution in [0.2, 0.25) is 0 Å². The van der Waals surface area contributed by atoms with Gasteiger partial charge >= 0.3 is 0 Å². The maximum absolute atomic E-state index is 4.56.